The lowest BCUT2D eigenvalue weighted by Crippen LogP contribution is -3.12. The predicted molar refractivity (Wildman–Crippen MR) is 119 cm³/mol. The average molecular weight is 444 g/mol. The third-order valence-corrected chi connectivity index (χ3v) is 5.37. The van der Waals surface area contributed by atoms with E-state index in [-0.39, 0.29) is 12.5 Å². The number of H-pyrrole nitrogens is 1. The van der Waals surface area contributed by atoms with E-state index in [1.54, 1.807) is 18.5 Å². The quantitative estimate of drug-likeness (QED) is 0.387. The lowest BCUT2D eigenvalue weighted by Gasteiger charge is -2.15. The van der Waals surface area contributed by atoms with E-state index in [1.807, 2.05) is 6.92 Å². The van der Waals surface area contributed by atoms with Crippen LogP contribution >= 0.6 is 0 Å². The maximum Gasteiger partial charge on any atom is 0.267 e. The van der Waals surface area contributed by atoms with Crippen molar-refractivity contribution in [2.24, 2.45) is 0 Å². The molecule has 9 heteroatoms. The Bertz CT molecular complexity index is 1060. The summed E-state index contributed by atoms with van der Waals surface area (Å²) in [5.41, 5.74) is 3.20. The third kappa shape index (κ3) is 5.88. The monoisotopic (exact) mass is 443 g/mol. The zero-order valence-electron chi connectivity index (χ0n) is 18.6. The van der Waals surface area contributed by atoms with Gasteiger partial charge in [-0.1, -0.05) is 6.07 Å². The molecule has 0 unspecified atom stereocenters. The van der Waals surface area contributed by atoms with Crippen LogP contribution in [0.5, 0.6) is 0 Å². The molecule has 0 aliphatic rings. The molecule has 0 radical (unpaired) electrons. The van der Waals surface area contributed by atoms with Gasteiger partial charge in [0, 0.05) is 24.5 Å². The number of rotatable bonds is 10. The van der Waals surface area contributed by atoms with Crippen molar-refractivity contribution in [3.63, 3.8) is 0 Å². The summed E-state index contributed by atoms with van der Waals surface area (Å²) in [6, 6.07) is 5.24. The van der Waals surface area contributed by atoms with Crippen LogP contribution in [0, 0.1) is 18.6 Å². The van der Waals surface area contributed by atoms with Crippen LogP contribution in [0.2, 0.25) is 0 Å². The van der Waals surface area contributed by atoms with Crippen LogP contribution in [0.15, 0.2) is 36.7 Å². The van der Waals surface area contributed by atoms with Gasteiger partial charge in [-0.05, 0) is 50.1 Å². The molecule has 0 bridgehead atoms. The van der Waals surface area contributed by atoms with Crippen molar-refractivity contribution in [3.8, 4) is 11.3 Å². The van der Waals surface area contributed by atoms with E-state index in [1.165, 1.54) is 11.0 Å². The number of carbonyl (C=O) groups is 1. The molecule has 0 saturated carbocycles. The summed E-state index contributed by atoms with van der Waals surface area (Å²) in [7, 11) is 0. The van der Waals surface area contributed by atoms with E-state index in [0.717, 1.165) is 55.1 Å². The second kappa shape index (κ2) is 10.8. The highest BCUT2D eigenvalue weighted by Crippen LogP contribution is 2.22. The highest BCUT2D eigenvalue weighted by Gasteiger charge is 2.14. The number of aryl methyl sites for hydroxylation is 1. The summed E-state index contributed by atoms with van der Waals surface area (Å²) in [6.45, 7) is 10.2. The van der Waals surface area contributed by atoms with Gasteiger partial charge in [0.05, 0.1) is 31.9 Å². The Kier molecular flexibility index (Phi) is 7.88. The molecule has 7 nitrogen and oxygen atoms in total. The highest BCUT2D eigenvalue weighted by molar-refractivity contribution is 5.93. The molecule has 3 aromatic rings. The SMILES string of the molecule is CC[NH+](CC)CCNc1ncc(C)c(-c2c[nH]c(C(=O)NCc3ccc(F)c(F)c3)c2)n1. The van der Waals surface area contributed by atoms with Crippen molar-refractivity contribution >= 4 is 11.9 Å². The van der Waals surface area contributed by atoms with Crippen molar-refractivity contribution in [1.29, 1.82) is 0 Å². The van der Waals surface area contributed by atoms with Gasteiger partial charge in [0.1, 0.15) is 5.69 Å². The fourth-order valence-corrected chi connectivity index (χ4v) is 3.36. The molecule has 32 heavy (non-hydrogen) atoms. The van der Waals surface area contributed by atoms with Crippen molar-refractivity contribution in [2.45, 2.75) is 27.3 Å². The smallest absolute Gasteiger partial charge is 0.267 e. The van der Waals surface area contributed by atoms with Gasteiger partial charge >= 0.3 is 0 Å². The molecule has 0 atom stereocenters. The second-order valence-corrected chi connectivity index (χ2v) is 7.59. The van der Waals surface area contributed by atoms with E-state index in [0.29, 0.717) is 17.2 Å². The minimum Gasteiger partial charge on any atom is -0.357 e. The molecule has 2 heterocycles. The Hall–Kier alpha value is -3.33. The topological polar surface area (TPSA) is 87.1 Å². The third-order valence-electron chi connectivity index (χ3n) is 5.37. The fourth-order valence-electron chi connectivity index (χ4n) is 3.36. The van der Waals surface area contributed by atoms with E-state index in [4.69, 9.17) is 0 Å². The van der Waals surface area contributed by atoms with E-state index < -0.39 is 11.6 Å². The molecule has 1 aromatic carbocycles. The number of halogens is 2. The van der Waals surface area contributed by atoms with Gasteiger partial charge in [-0.25, -0.2) is 18.7 Å². The lowest BCUT2D eigenvalue weighted by atomic mass is 10.1. The number of carbonyl (C=O) groups excluding carboxylic acids is 1. The van der Waals surface area contributed by atoms with Crippen LogP contribution in [0.25, 0.3) is 11.3 Å². The summed E-state index contributed by atoms with van der Waals surface area (Å²) in [4.78, 5) is 25.9. The first kappa shape index (κ1) is 23.3. The van der Waals surface area contributed by atoms with Crippen LogP contribution in [0.3, 0.4) is 0 Å². The zero-order chi connectivity index (χ0) is 23.1. The number of nitrogens with one attached hydrogen (secondary N) is 4. The maximum absolute atomic E-state index is 13.3. The Morgan fingerprint density at radius 2 is 1.94 bits per heavy atom. The number of likely N-dealkylation sites (N-methyl/N-ethyl adjacent to an activating group) is 1. The molecule has 3 rings (SSSR count). The van der Waals surface area contributed by atoms with Crippen LogP contribution in [0.1, 0.15) is 35.5 Å². The molecule has 0 fully saturated rings. The van der Waals surface area contributed by atoms with Crippen molar-refractivity contribution in [1.82, 2.24) is 20.3 Å². The molecular formula is C23H29F2N6O+. The van der Waals surface area contributed by atoms with Crippen molar-refractivity contribution in [3.05, 3.63) is 65.1 Å². The molecule has 0 aliphatic carbocycles. The van der Waals surface area contributed by atoms with E-state index in [2.05, 4.69) is 39.4 Å². The Morgan fingerprint density at radius 3 is 2.66 bits per heavy atom. The Morgan fingerprint density at radius 1 is 1.16 bits per heavy atom. The number of quaternary nitrogens is 1. The summed E-state index contributed by atoms with van der Waals surface area (Å²) < 4.78 is 26.4. The molecule has 0 aliphatic heterocycles. The van der Waals surface area contributed by atoms with Gasteiger partial charge in [-0.3, -0.25) is 4.79 Å². The van der Waals surface area contributed by atoms with Gasteiger partial charge in [0.2, 0.25) is 5.95 Å². The van der Waals surface area contributed by atoms with Crippen LogP contribution in [0.4, 0.5) is 14.7 Å². The fraction of sp³-hybridized carbons (Fsp3) is 0.348. The summed E-state index contributed by atoms with van der Waals surface area (Å²) >= 11 is 0. The van der Waals surface area contributed by atoms with Crippen LogP contribution in [-0.2, 0) is 6.54 Å². The van der Waals surface area contributed by atoms with Gasteiger partial charge in [0.25, 0.3) is 5.91 Å². The first-order valence-electron chi connectivity index (χ1n) is 10.7. The average Bonchev–Trinajstić information content (AvgIpc) is 3.28. The molecular weight excluding hydrogens is 414 g/mol. The Labute approximate surface area is 186 Å². The number of nitrogens with zero attached hydrogens (tertiary/aromatic N) is 2. The highest BCUT2D eigenvalue weighted by atomic mass is 19.2. The summed E-state index contributed by atoms with van der Waals surface area (Å²) in [5, 5.41) is 5.96. The lowest BCUT2D eigenvalue weighted by molar-refractivity contribution is -0.894. The molecule has 0 saturated heterocycles. The van der Waals surface area contributed by atoms with Crippen molar-refractivity contribution in [2.75, 3.05) is 31.5 Å². The van der Waals surface area contributed by atoms with Gasteiger partial charge in [0.15, 0.2) is 11.6 Å². The number of benzene rings is 1. The van der Waals surface area contributed by atoms with Gasteiger partial charge in [-0.2, -0.15) is 0 Å². The number of anilines is 1. The van der Waals surface area contributed by atoms with Gasteiger partial charge < -0.3 is 20.5 Å². The number of amides is 1. The first-order valence-corrected chi connectivity index (χ1v) is 10.7. The molecule has 0 spiro atoms. The maximum atomic E-state index is 13.3. The number of aromatic amines is 1. The molecule has 2 aromatic heterocycles. The minimum absolute atomic E-state index is 0.0829. The Balaban J connectivity index is 1.64. The molecule has 170 valence electrons. The van der Waals surface area contributed by atoms with Crippen molar-refractivity contribution < 1.29 is 18.5 Å². The largest absolute Gasteiger partial charge is 0.357 e. The zero-order valence-corrected chi connectivity index (χ0v) is 18.6. The molecule has 1 amide bonds. The number of aromatic nitrogens is 3. The second-order valence-electron chi connectivity index (χ2n) is 7.59. The minimum atomic E-state index is -0.943. The van der Waals surface area contributed by atoms with Crippen LogP contribution < -0.4 is 15.5 Å². The normalized spacial score (nSPS) is 11.1. The number of hydrogen-bond donors (Lipinski definition) is 4. The summed E-state index contributed by atoms with van der Waals surface area (Å²) in [5.74, 6) is -1.67. The first-order chi connectivity index (χ1) is 15.4. The van der Waals surface area contributed by atoms with Crippen LogP contribution in [-0.4, -0.2) is 47.0 Å². The number of hydrogen-bond acceptors (Lipinski definition) is 4. The van der Waals surface area contributed by atoms with Gasteiger partial charge in [-0.15, -0.1) is 0 Å². The predicted octanol–water partition coefficient (Wildman–Crippen LogP) is 2.32. The standard InChI is InChI=1S/C23H28F2N6O/c1-4-31(5-2)9-8-26-23-29-12-15(3)21(30-23)17-11-20(27-14-17)22(32)28-13-16-6-7-18(24)19(25)10-16/h6-7,10-12,14,27H,4-5,8-9,13H2,1-3H3,(H,28,32)(H,26,29,30)/p+1. The van der Waals surface area contributed by atoms with E-state index in [9.17, 15) is 13.6 Å². The molecule has 4 N–H and O–H groups in total. The van der Waals surface area contributed by atoms with E-state index >= 15 is 0 Å². The summed E-state index contributed by atoms with van der Waals surface area (Å²) in [6.07, 6.45) is 3.47.